The third-order valence-electron chi connectivity index (χ3n) is 1.25. The summed E-state index contributed by atoms with van der Waals surface area (Å²) in [5.41, 5.74) is 0. The molecule has 0 fully saturated rings. The van der Waals surface area contributed by atoms with Crippen molar-refractivity contribution in [3.63, 3.8) is 0 Å². The minimum atomic E-state index is 1.51. The number of aromatic nitrogens is 4. The van der Waals surface area contributed by atoms with E-state index in [0.717, 1.165) is 0 Å². The summed E-state index contributed by atoms with van der Waals surface area (Å²) < 4.78 is 4.33. The number of nitrogens with zero attached hydrogens (tertiary/aromatic N) is 2. The van der Waals surface area contributed by atoms with E-state index in [-0.39, 0.29) is 0 Å². The van der Waals surface area contributed by atoms with E-state index in [1.807, 2.05) is 30.6 Å². The first kappa shape index (κ1) is 10.8. The minimum Gasteiger partial charge on any atom is -0.368 e. The zero-order valence-corrected chi connectivity index (χ0v) is 8.08. The maximum atomic E-state index is 4.33. The minimum absolute atomic E-state index is 1.51. The van der Waals surface area contributed by atoms with E-state index >= 15 is 0 Å². The fourth-order valence-corrected chi connectivity index (χ4v) is 0.669. The summed E-state index contributed by atoms with van der Waals surface area (Å²) in [5, 5.41) is 9.56. The number of rotatable bonds is 0. The molecule has 0 aromatic carbocycles. The van der Waals surface area contributed by atoms with E-state index in [9.17, 15) is 0 Å². The molecule has 0 radical (unpaired) electrons. The summed E-state index contributed by atoms with van der Waals surface area (Å²) in [6.45, 7) is 0. The summed E-state index contributed by atoms with van der Waals surface area (Å²) in [7, 11) is 0. The molecule has 78 valence electrons. The number of aromatic amines is 2. The Morgan fingerprint density at radius 2 is 1.73 bits per heavy atom. The van der Waals surface area contributed by atoms with Crippen LogP contribution in [0.5, 0.6) is 0 Å². The van der Waals surface area contributed by atoms with Gasteiger partial charge in [-0.1, -0.05) is 5.16 Å². The highest BCUT2D eigenvalue weighted by molar-refractivity contribution is 4.84. The second kappa shape index (κ2) is 8.31. The normalized spacial score (nSPS) is 8.00. The van der Waals surface area contributed by atoms with Gasteiger partial charge in [0.25, 0.3) is 0 Å². The third-order valence-corrected chi connectivity index (χ3v) is 1.25. The van der Waals surface area contributed by atoms with Gasteiger partial charge >= 0.3 is 0 Å². The third kappa shape index (κ3) is 6.83. The van der Waals surface area contributed by atoms with Gasteiger partial charge in [-0.05, 0) is 24.3 Å². The maximum Gasteiger partial charge on any atom is 0.123 e. The molecule has 0 atom stereocenters. The summed E-state index contributed by atoms with van der Waals surface area (Å²) in [5.74, 6) is 0. The van der Waals surface area contributed by atoms with Crippen LogP contribution < -0.4 is 0 Å². The summed E-state index contributed by atoms with van der Waals surface area (Å²) in [4.78, 5) is 2.86. The Balaban J connectivity index is 0.000000112. The van der Waals surface area contributed by atoms with Gasteiger partial charge in [-0.25, -0.2) is 0 Å². The van der Waals surface area contributed by atoms with Gasteiger partial charge in [-0.3, -0.25) is 5.10 Å². The number of hydrogen-bond acceptors (Lipinski definition) is 3. The van der Waals surface area contributed by atoms with Crippen molar-refractivity contribution in [1.82, 2.24) is 20.3 Å². The van der Waals surface area contributed by atoms with Gasteiger partial charge in [0.1, 0.15) is 6.26 Å². The quantitative estimate of drug-likeness (QED) is 0.589. The molecule has 3 aromatic rings. The Kier molecular flexibility index (Phi) is 5.97. The van der Waals surface area contributed by atoms with E-state index < -0.39 is 0 Å². The molecule has 0 saturated heterocycles. The van der Waals surface area contributed by atoms with Crippen molar-refractivity contribution < 1.29 is 4.52 Å². The zero-order chi connectivity index (χ0) is 10.6. The highest BCUT2D eigenvalue weighted by Crippen LogP contribution is 1.72. The van der Waals surface area contributed by atoms with Gasteiger partial charge in [-0.15, -0.1) is 0 Å². The van der Waals surface area contributed by atoms with E-state index in [1.54, 1.807) is 24.7 Å². The molecule has 3 heterocycles. The molecular formula is C10H12N4O. The number of nitrogens with one attached hydrogen (secondary N) is 2. The number of H-pyrrole nitrogens is 2. The van der Waals surface area contributed by atoms with Crippen LogP contribution in [0.15, 0.2) is 66.0 Å². The van der Waals surface area contributed by atoms with Gasteiger partial charge in [0.2, 0.25) is 0 Å². The molecule has 0 unspecified atom stereocenters. The maximum absolute atomic E-state index is 4.33. The fraction of sp³-hybridized carbons (Fsp3) is 0. The highest BCUT2D eigenvalue weighted by Gasteiger charge is 1.60. The number of hydrogen-bond donors (Lipinski definition) is 2. The van der Waals surface area contributed by atoms with Gasteiger partial charge < -0.3 is 9.51 Å². The van der Waals surface area contributed by atoms with Crippen molar-refractivity contribution >= 4 is 0 Å². The summed E-state index contributed by atoms with van der Waals surface area (Å²) in [6, 6.07) is 7.44. The average Bonchev–Trinajstić information content (AvgIpc) is 3.09. The first-order chi connectivity index (χ1) is 7.50. The molecule has 15 heavy (non-hydrogen) atoms. The van der Waals surface area contributed by atoms with Gasteiger partial charge in [0, 0.05) is 24.8 Å². The molecule has 0 aliphatic carbocycles. The molecule has 0 spiro atoms. The Bertz CT molecular complexity index is 249. The predicted octanol–water partition coefficient (Wildman–Crippen LogP) is 2.10. The molecule has 3 aromatic heterocycles. The van der Waals surface area contributed by atoms with Crippen LogP contribution in [0.2, 0.25) is 0 Å². The topological polar surface area (TPSA) is 70.5 Å². The van der Waals surface area contributed by atoms with Crippen molar-refractivity contribution in [3.05, 3.63) is 61.5 Å². The van der Waals surface area contributed by atoms with Gasteiger partial charge in [-0.2, -0.15) is 5.10 Å². The van der Waals surface area contributed by atoms with E-state index in [0.29, 0.717) is 0 Å². The Morgan fingerprint density at radius 1 is 0.867 bits per heavy atom. The lowest BCUT2D eigenvalue weighted by molar-refractivity contribution is 0.420. The summed E-state index contributed by atoms with van der Waals surface area (Å²) in [6.07, 6.45) is 10.3. The molecule has 2 N–H and O–H groups in total. The zero-order valence-electron chi connectivity index (χ0n) is 8.08. The van der Waals surface area contributed by atoms with Crippen LogP contribution in [-0.2, 0) is 0 Å². The smallest absolute Gasteiger partial charge is 0.123 e. The van der Waals surface area contributed by atoms with Crippen LogP contribution in [0.4, 0.5) is 0 Å². The van der Waals surface area contributed by atoms with Crippen LogP contribution in [0.25, 0.3) is 0 Å². The second-order valence-electron chi connectivity index (χ2n) is 2.34. The molecule has 0 amide bonds. The second-order valence-corrected chi connectivity index (χ2v) is 2.34. The molecule has 0 bridgehead atoms. The lowest BCUT2D eigenvalue weighted by Gasteiger charge is -1.49. The molecule has 0 aliphatic rings. The van der Waals surface area contributed by atoms with Crippen molar-refractivity contribution in [1.29, 1.82) is 0 Å². The van der Waals surface area contributed by atoms with Crippen LogP contribution in [0, 0.1) is 0 Å². The van der Waals surface area contributed by atoms with Crippen molar-refractivity contribution in [2.45, 2.75) is 0 Å². The van der Waals surface area contributed by atoms with Crippen molar-refractivity contribution in [3.8, 4) is 0 Å². The van der Waals surface area contributed by atoms with E-state index in [4.69, 9.17) is 0 Å². The monoisotopic (exact) mass is 204 g/mol. The molecular weight excluding hydrogens is 192 g/mol. The van der Waals surface area contributed by atoms with Crippen molar-refractivity contribution in [2.24, 2.45) is 0 Å². The van der Waals surface area contributed by atoms with Crippen molar-refractivity contribution in [2.75, 3.05) is 0 Å². The van der Waals surface area contributed by atoms with Crippen LogP contribution >= 0.6 is 0 Å². The van der Waals surface area contributed by atoms with Gasteiger partial charge in [0.15, 0.2) is 0 Å². The standard InChI is InChI=1S/C4H5N.C3H4N2.C3H3NO/c3*1-2-4-5-3-1/h1-5H;1-3H,(H,4,5);1-3H. The Morgan fingerprint density at radius 3 is 1.93 bits per heavy atom. The lowest BCUT2D eigenvalue weighted by atomic mass is 10.7. The van der Waals surface area contributed by atoms with Crippen LogP contribution in [0.3, 0.4) is 0 Å². The van der Waals surface area contributed by atoms with Crippen LogP contribution in [0.1, 0.15) is 0 Å². The Hall–Kier alpha value is -2.30. The fourth-order valence-electron chi connectivity index (χ4n) is 0.669. The molecule has 0 saturated carbocycles. The average molecular weight is 204 g/mol. The molecule has 0 aliphatic heterocycles. The SMILES string of the molecule is c1cc[nH]c1.c1cn[nH]c1.c1cnoc1. The van der Waals surface area contributed by atoms with Gasteiger partial charge in [0.05, 0.1) is 6.20 Å². The van der Waals surface area contributed by atoms with E-state index in [2.05, 4.69) is 24.9 Å². The molecule has 5 nitrogen and oxygen atoms in total. The Labute approximate surface area is 87.1 Å². The molecule has 3 rings (SSSR count). The van der Waals surface area contributed by atoms with E-state index in [1.165, 1.54) is 6.26 Å². The predicted molar refractivity (Wildman–Crippen MR) is 55.9 cm³/mol. The first-order valence-corrected chi connectivity index (χ1v) is 4.36. The largest absolute Gasteiger partial charge is 0.368 e. The summed E-state index contributed by atoms with van der Waals surface area (Å²) >= 11 is 0. The molecule has 5 heteroatoms. The first-order valence-electron chi connectivity index (χ1n) is 4.36. The highest BCUT2D eigenvalue weighted by atomic mass is 16.5. The van der Waals surface area contributed by atoms with Crippen LogP contribution in [-0.4, -0.2) is 20.3 Å². The lowest BCUT2D eigenvalue weighted by Crippen LogP contribution is -1.53.